The molecule has 0 unspecified atom stereocenters. The maximum Gasteiger partial charge on any atom is 0.494 e. The van der Waals surface area contributed by atoms with Gasteiger partial charge in [0.1, 0.15) is 11.2 Å². The van der Waals surface area contributed by atoms with E-state index in [9.17, 15) is 0 Å². The van der Waals surface area contributed by atoms with Crippen molar-refractivity contribution in [2.45, 2.75) is 38.9 Å². The average Bonchev–Trinajstić information content (AvgIpc) is 3.30. The smallest absolute Gasteiger partial charge is 0.456 e. The number of rotatable bonds is 1. The van der Waals surface area contributed by atoms with Gasteiger partial charge in [0.05, 0.1) is 11.2 Å². The van der Waals surface area contributed by atoms with Crippen LogP contribution in [0.2, 0.25) is 0 Å². The van der Waals surface area contributed by atoms with Gasteiger partial charge in [-0.05, 0) is 83.7 Å². The summed E-state index contributed by atoms with van der Waals surface area (Å²) in [4.78, 5) is 0. The molecule has 0 saturated carbocycles. The van der Waals surface area contributed by atoms with E-state index in [0.717, 1.165) is 27.4 Å². The molecule has 4 heteroatoms. The third kappa shape index (κ3) is 2.67. The van der Waals surface area contributed by atoms with E-state index in [0.29, 0.717) is 0 Å². The molecule has 5 aromatic carbocycles. The first-order valence-corrected chi connectivity index (χ1v) is 11.9. The number of fused-ring (bicyclic) bond motifs is 9. The van der Waals surface area contributed by atoms with Crippen LogP contribution in [0.4, 0.5) is 0 Å². The predicted molar refractivity (Wildman–Crippen MR) is 142 cm³/mol. The lowest BCUT2D eigenvalue weighted by atomic mass is 9.77. The normalized spacial score (nSPS) is 17.6. The molecular formula is C30H25BO3. The van der Waals surface area contributed by atoms with Crippen LogP contribution in [-0.4, -0.2) is 18.3 Å². The minimum absolute atomic E-state index is 0.370. The molecule has 6 aromatic rings. The van der Waals surface area contributed by atoms with Gasteiger partial charge >= 0.3 is 7.12 Å². The van der Waals surface area contributed by atoms with Crippen LogP contribution in [0.1, 0.15) is 27.7 Å². The number of benzene rings is 5. The summed E-state index contributed by atoms with van der Waals surface area (Å²) in [6.45, 7) is 8.37. The van der Waals surface area contributed by atoms with Gasteiger partial charge in [-0.3, -0.25) is 0 Å². The van der Waals surface area contributed by atoms with Crippen LogP contribution in [-0.2, 0) is 9.31 Å². The lowest BCUT2D eigenvalue weighted by Gasteiger charge is -2.32. The van der Waals surface area contributed by atoms with Gasteiger partial charge in [-0.15, -0.1) is 0 Å². The highest BCUT2D eigenvalue weighted by Crippen LogP contribution is 2.40. The van der Waals surface area contributed by atoms with Crippen molar-refractivity contribution in [3.8, 4) is 0 Å². The second kappa shape index (κ2) is 6.62. The topological polar surface area (TPSA) is 31.6 Å². The number of furan rings is 1. The zero-order valence-corrected chi connectivity index (χ0v) is 19.8. The van der Waals surface area contributed by atoms with E-state index in [4.69, 9.17) is 13.7 Å². The molecule has 1 aromatic heterocycles. The van der Waals surface area contributed by atoms with Gasteiger partial charge in [-0.25, -0.2) is 0 Å². The molecule has 3 nitrogen and oxygen atoms in total. The fourth-order valence-electron chi connectivity index (χ4n) is 5.32. The quantitative estimate of drug-likeness (QED) is 0.196. The van der Waals surface area contributed by atoms with Gasteiger partial charge in [0, 0.05) is 10.8 Å². The van der Waals surface area contributed by atoms with Crippen molar-refractivity contribution in [2.75, 3.05) is 0 Å². The summed E-state index contributed by atoms with van der Waals surface area (Å²) in [6, 6.07) is 28.0. The van der Waals surface area contributed by atoms with Crippen LogP contribution in [0.25, 0.3) is 54.3 Å². The molecule has 0 aliphatic carbocycles. The van der Waals surface area contributed by atoms with Gasteiger partial charge in [-0.2, -0.15) is 0 Å². The van der Waals surface area contributed by atoms with E-state index < -0.39 is 0 Å². The summed E-state index contributed by atoms with van der Waals surface area (Å²) in [6.07, 6.45) is 0. The molecule has 166 valence electrons. The van der Waals surface area contributed by atoms with Crippen LogP contribution in [0.5, 0.6) is 0 Å². The monoisotopic (exact) mass is 444 g/mol. The highest BCUT2D eigenvalue weighted by Gasteiger charge is 2.51. The third-order valence-corrected chi connectivity index (χ3v) is 7.88. The van der Waals surface area contributed by atoms with Crippen molar-refractivity contribution < 1.29 is 13.7 Å². The van der Waals surface area contributed by atoms with Crippen molar-refractivity contribution >= 4 is 66.8 Å². The largest absolute Gasteiger partial charge is 0.494 e. The Kier molecular flexibility index (Phi) is 3.91. The fraction of sp³-hybridized carbons (Fsp3) is 0.200. The van der Waals surface area contributed by atoms with Crippen LogP contribution < -0.4 is 5.46 Å². The van der Waals surface area contributed by atoms with Gasteiger partial charge in [0.15, 0.2) is 0 Å². The molecule has 1 aliphatic heterocycles. The zero-order valence-electron chi connectivity index (χ0n) is 19.8. The highest BCUT2D eigenvalue weighted by molar-refractivity contribution is 6.62. The van der Waals surface area contributed by atoms with Gasteiger partial charge < -0.3 is 13.7 Å². The highest BCUT2D eigenvalue weighted by atomic mass is 16.7. The predicted octanol–water partition coefficient (Wildman–Crippen LogP) is 7.34. The zero-order chi connectivity index (χ0) is 23.2. The lowest BCUT2D eigenvalue weighted by molar-refractivity contribution is 0.00578. The van der Waals surface area contributed by atoms with Gasteiger partial charge in [0.25, 0.3) is 0 Å². The van der Waals surface area contributed by atoms with Crippen LogP contribution >= 0.6 is 0 Å². The molecule has 2 heterocycles. The van der Waals surface area contributed by atoms with Gasteiger partial charge in [-0.1, -0.05) is 60.7 Å². The van der Waals surface area contributed by atoms with E-state index in [1.807, 2.05) is 12.1 Å². The second-order valence-corrected chi connectivity index (χ2v) is 10.4. The minimum atomic E-state index is -0.387. The van der Waals surface area contributed by atoms with Crippen molar-refractivity contribution in [1.29, 1.82) is 0 Å². The maximum atomic E-state index is 6.35. The number of para-hydroxylation sites is 1. The number of hydrogen-bond acceptors (Lipinski definition) is 3. The summed E-state index contributed by atoms with van der Waals surface area (Å²) in [5, 5.41) is 9.62. The molecule has 0 spiro atoms. The molecule has 1 fully saturated rings. The van der Waals surface area contributed by atoms with Gasteiger partial charge in [0.2, 0.25) is 0 Å². The summed E-state index contributed by atoms with van der Waals surface area (Å²) in [5.41, 5.74) is 2.14. The minimum Gasteiger partial charge on any atom is -0.456 e. The summed E-state index contributed by atoms with van der Waals surface area (Å²) in [5.74, 6) is 0. The summed E-state index contributed by atoms with van der Waals surface area (Å²) >= 11 is 0. The molecule has 7 rings (SSSR count). The first-order valence-electron chi connectivity index (χ1n) is 11.9. The Morgan fingerprint density at radius 1 is 0.500 bits per heavy atom. The summed E-state index contributed by atoms with van der Waals surface area (Å²) < 4.78 is 18.9. The van der Waals surface area contributed by atoms with Crippen molar-refractivity contribution in [3.05, 3.63) is 78.9 Å². The van der Waals surface area contributed by atoms with Crippen LogP contribution in [0.3, 0.4) is 0 Å². The van der Waals surface area contributed by atoms with Crippen LogP contribution in [0, 0.1) is 0 Å². The Morgan fingerprint density at radius 3 is 1.76 bits per heavy atom. The molecule has 0 bridgehead atoms. The molecule has 0 amide bonds. The van der Waals surface area contributed by atoms with Crippen molar-refractivity contribution in [2.24, 2.45) is 0 Å². The molecule has 0 N–H and O–H groups in total. The first kappa shape index (κ1) is 20.1. The van der Waals surface area contributed by atoms with Crippen molar-refractivity contribution in [3.63, 3.8) is 0 Å². The fourth-order valence-corrected chi connectivity index (χ4v) is 5.32. The third-order valence-electron chi connectivity index (χ3n) is 7.88. The molecule has 34 heavy (non-hydrogen) atoms. The Morgan fingerprint density at radius 2 is 1.06 bits per heavy atom. The first-order chi connectivity index (χ1) is 16.3. The van der Waals surface area contributed by atoms with E-state index in [1.165, 1.54) is 32.3 Å². The molecular weight excluding hydrogens is 419 g/mol. The van der Waals surface area contributed by atoms with E-state index in [1.54, 1.807) is 0 Å². The molecule has 0 radical (unpaired) electrons. The van der Waals surface area contributed by atoms with Crippen molar-refractivity contribution in [1.82, 2.24) is 0 Å². The molecule has 1 saturated heterocycles. The van der Waals surface area contributed by atoms with Crippen LogP contribution in [0.15, 0.2) is 83.3 Å². The lowest BCUT2D eigenvalue weighted by Crippen LogP contribution is -2.41. The standard InChI is InChI=1S/C30H25BO3/c1-29(2)30(3,4)34-31(33-29)18-13-14-21-23(15-18)19-9-5-6-10-20(19)24-16-26-22-11-7-8-12-27(22)32-28(26)17-25(21)24/h5-17H,1-4H3. The maximum absolute atomic E-state index is 6.35. The Labute approximate surface area is 198 Å². The number of hydrogen-bond donors (Lipinski definition) is 0. The Hall–Kier alpha value is -3.34. The Bertz CT molecular complexity index is 1760. The SMILES string of the molecule is CC1(C)OB(c2ccc3c(c2)c2ccccc2c2cc4c(cc32)oc2ccccc24)OC1(C)C. The summed E-state index contributed by atoms with van der Waals surface area (Å²) in [7, 11) is -0.387. The Balaban J connectivity index is 1.54. The molecule has 0 atom stereocenters. The van der Waals surface area contributed by atoms with E-state index in [2.05, 4.69) is 94.4 Å². The second-order valence-electron chi connectivity index (χ2n) is 10.4. The average molecular weight is 444 g/mol. The molecule has 1 aliphatic rings. The van der Waals surface area contributed by atoms with E-state index >= 15 is 0 Å². The van der Waals surface area contributed by atoms with E-state index in [-0.39, 0.29) is 18.3 Å².